The van der Waals surface area contributed by atoms with Gasteiger partial charge in [-0.15, -0.1) is 0 Å². The van der Waals surface area contributed by atoms with Gasteiger partial charge in [0.05, 0.1) is 5.56 Å². The van der Waals surface area contributed by atoms with E-state index in [1.165, 1.54) is 0 Å². The summed E-state index contributed by atoms with van der Waals surface area (Å²) in [4.78, 5) is 6.30. The van der Waals surface area contributed by atoms with Crippen molar-refractivity contribution < 1.29 is 13.2 Å². The predicted molar refractivity (Wildman–Crippen MR) is 70.2 cm³/mol. The van der Waals surface area contributed by atoms with Gasteiger partial charge in [0.25, 0.3) is 0 Å². The van der Waals surface area contributed by atoms with Crippen molar-refractivity contribution in [3.63, 3.8) is 0 Å². The van der Waals surface area contributed by atoms with Gasteiger partial charge in [-0.05, 0) is 44.0 Å². The maximum absolute atomic E-state index is 12.8. The number of halogens is 3. The highest BCUT2D eigenvalue weighted by Crippen LogP contribution is 2.33. The Kier molecular flexibility index (Phi) is 3.24. The normalized spacial score (nSPS) is 29.4. The molecule has 3 aliphatic rings. The Morgan fingerprint density at radius 3 is 2.50 bits per heavy atom. The highest BCUT2D eigenvalue weighted by atomic mass is 19.4. The van der Waals surface area contributed by atoms with Crippen LogP contribution in [0.5, 0.6) is 0 Å². The van der Waals surface area contributed by atoms with Gasteiger partial charge in [-0.2, -0.15) is 13.2 Å². The van der Waals surface area contributed by atoms with Crippen LogP contribution in [0.15, 0.2) is 12.1 Å². The number of fused-ring (bicyclic) bond motifs is 3. The molecule has 3 saturated heterocycles. The van der Waals surface area contributed by atoms with Crippen LogP contribution in [-0.4, -0.2) is 35.6 Å². The summed E-state index contributed by atoms with van der Waals surface area (Å²) in [5.41, 5.74) is 4.72. The number of alkyl halides is 3. The highest BCUT2D eigenvalue weighted by Gasteiger charge is 2.35. The van der Waals surface area contributed by atoms with E-state index in [1.54, 1.807) is 0 Å². The molecule has 3 fully saturated rings. The molecule has 4 rings (SSSR count). The van der Waals surface area contributed by atoms with Crippen molar-refractivity contribution in [2.45, 2.75) is 25.1 Å². The Balaban J connectivity index is 1.79. The van der Waals surface area contributed by atoms with Crippen LogP contribution in [-0.2, 0) is 6.18 Å². The molecule has 20 heavy (non-hydrogen) atoms. The number of anilines is 2. The van der Waals surface area contributed by atoms with Crippen molar-refractivity contribution in [3.05, 3.63) is 17.7 Å². The molecular weight excluding hydrogens is 269 g/mol. The molecule has 0 aliphatic carbocycles. The molecule has 1 aromatic heterocycles. The quantitative estimate of drug-likeness (QED) is 0.875. The van der Waals surface area contributed by atoms with Gasteiger partial charge in [0.15, 0.2) is 0 Å². The van der Waals surface area contributed by atoms with Crippen molar-refractivity contribution >= 4 is 11.6 Å². The minimum atomic E-state index is -4.40. The van der Waals surface area contributed by atoms with Gasteiger partial charge in [-0.3, -0.25) is 0 Å². The van der Waals surface area contributed by atoms with Crippen LogP contribution in [0.25, 0.3) is 0 Å². The summed E-state index contributed by atoms with van der Waals surface area (Å²) in [5, 5.41) is 3.13. The van der Waals surface area contributed by atoms with Gasteiger partial charge in [0, 0.05) is 12.6 Å². The van der Waals surface area contributed by atoms with Crippen LogP contribution in [0, 0.1) is 5.92 Å². The Morgan fingerprint density at radius 1 is 1.25 bits per heavy atom. The Bertz CT molecular complexity index is 495. The Hall–Kier alpha value is -1.50. The van der Waals surface area contributed by atoms with Crippen molar-refractivity contribution in [1.82, 2.24) is 9.88 Å². The molecule has 0 aromatic carbocycles. The monoisotopic (exact) mass is 286 g/mol. The van der Waals surface area contributed by atoms with E-state index in [0.29, 0.717) is 5.92 Å². The molecular formula is C13H17F3N4. The molecule has 1 aromatic rings. The fourth-order valence-corrected chi connectivity index (χ4v) is 3.11. The number of hydrogen-bond donors (Lipinski definition) is 2. The van der Waals surface area contributed by atoms with Crippen molar-refractivity contribution in [1.29, 1.82) is 0 Å². The van der Waals surface area contributed by atoms with Gasteiger partial charge in [-0.1, -0.05) is 0 Å². The second-order valence-corrected chi connectivity index (χ2v) is 5.55. The van der Waals surface area contributed by atoms with Crippen molar-refractivity contribution in [2.75, 3.05) is 30.7 Å². The third kappa shape index (κ3) is 2.67. The standard InChI is InChI=1S/C13H17F3N4/c14-13(15,16)9-5-11(17)19-12(6-9)18-10-7-20-3-1-8(10)2-4-20/h5-6,8,10H,1-4,7H2,(H3,17,18,19). The van der Waals surface area contributed by atoms with Gasteiger partial charge >= 0.3 is 6.18 Å². The van der Waals surface area contributed by atoms with Crippen LogP contribution < -0.4 is 11.1 Å². The number of rotatable bonds is 2. The first-order valence-corrected chi connectivity index (χ1v) is 6.75. The van der Waals surface area contributed by atoms with E-state index >= 15 is 0 Å². The van der Waals surface area contributed by atoms with Gasteiger partial charge in [-0.25, -0.2) is 4.98 Å². The van der Waals surface area contributed by atoms with Crippen LogP contribution in [0.2, 0.25) is 0 Å². The molecule has 4 heterocycles. The number of pyridine rings is 1. The number of nitrogens with two attached hydrogens (primary N) is 1. The zero-order chi connectivity index (χ0) is 14.3. The first-order valence-electron chi connectivity index (χ1n) is 6.75. The summed E-state index contributed by atoms with van der Waals surface area (Å²) in [6.45, 7) is 3.03. The first kappa shape index (κ1) is 13.5. The fraction of sp³-hybridized carbons (Fsp3) is 0.615. The molecule has 0 spiro atoms. The summed E-state index contributed by atoms with van der Waals surface area (Å²) in [7, 11) is 0. The third-order valence-electron chi connectivity index (χ3n) is 4.16. The van der Waals surface area contributed by atoms with Gasteiger partial charge in [0.2, 0.25) is 0 Å². The summed E-state index contributed by atoms with van der Waals surface area (Å²) in [6, 6.07) is 2.06. The molecule has 3 N–H and O–H groups in total. The van der Waals surface area contributed by atoms with E-state index in [4.69, 9.17) is 5.73 Å². The van der Waals surface area contributed by atoms with E-state index in [1.807, 2.05) is 0 Å². The van der Waals surface area contributed by atoms with Crippen LogP contribution in [0.1, 0.15) is 18.4 Å². The second-order valence-electron chi connectivity index (χ2n) is 5.55. The molecule has 0 radical (unpaired) electrons. The molecule has 2 bridgehead atoms. The molecule has 110 valence electrons. The minimum Gasteiger partial charge on any atom is -0.384 e. The molecule has 4 nitrogen and oxygen atoms in total. The topological polar surface area (TPSA) is 54.2 Å². The van der Waals surface area contributed by atoms with Gasteiger partial charge < -0.3 is 16.0 Å². The predicted octanol–water partition coefficient (Wildman–Crippen LogP) is 2.19. The lowest BCUT2D eigenvalue weighted by molar-refractivity contribution is -0.137. The highest BCUT2D eigenvalue weighted by molar-refractivity contribution is 5.48. The SMILES string of the molecule is Nc1cc(C(F)(F)F)cc(NC2CN3CCC2CC3)n1. The number of nitrogens with one attached hydrogen (secondary N) is 1. The maximum Gasteiger partial charge on any atom is 0.416 e. The first-order chi connectivity index (χ1) is 9.41. The summed E-state index contributed by atoms with van der Waals surface area (Å²) >= 11 is 0. The zero-order valence-electron chi connectivity index (χ0n) is 11.0. The largest absolute Gasteiger partial charge is 0.416 e. The molecule has 3 aliphatic heterocycles. The zero-order valence-corrected chi connectivity index (χ0v) is 11.0. The van der Waals surface area contributed by atoms with Gasteiger partial charge in [0.1, 0.15) is 11.6 Å². The average Bonchev–Trinajstić information content (AvgIpc) is 2.38. The van der Waals surface area contributed by atoms with Crippen molar-refractivity contribution in [3.8, 4) is 0 Å². The smallest absolute Gasteiger partial charge is 0.384 e. The van der Waals surface area contributed by atoms with Crippen LogP contribution in [0.4, 0.5) is 24.8 Å². The van der Waals surface area contributed by atoms with E-state index in [9.17, 15) is 13.2 Å². The van der Waals surface area contributed by atoms with E-state index < -0.39 is 11.7 Å². The maximum atomic E-state index is 12.8. The second kappa shape index (κ2) is 4.80. The lowest BCUT2D eigenvalue weighted by Crippen LogP contribution is -2.53. The summed E-state index contributed by atoms with van der Waals surface area (Å²) in [5.74, 6) is 0.622. The number of aromatic nitrogens is 1. The van der Waals surface area contributed by atoms with E-state index in [2.05, 4.69) is 15.2 Å². The van der Waals surface area contributed by atoms with Crippen molar-refractivity contribution in [2.24, 2.45) is 5.92 Å². The molecule has 1 unspecified atom stereocenters. The minimum absolute atomic E-state index is 0.108. The third-order valence-corrected chi connectivity index (χ3v) is 4.16. The van der Waals surface area contributed by atoms with E-state index in [-0.39, 0.29) is 17.7 Å². The fourth-order valence-electron chi connectivity index (χ4n) is 3.11. The molecule has 7 heteroatoms. The number of piperidine rings is 3. The molecule has 0 saturated carbocycles. The Labute approximate surface area is 115 Å². The van der Waals surface area contributed by atoms with Crippen LogP contribution >= 0.6 is 0 Å². The lowest BCUT2D eigenvalue weighted by Gasteiger charge is -2.45. The molecule has 0 amide bonds. The molecule has 1 atom stereocenters. The average molecular weight is 286 g/mol. The number of hydrogen-bond acceptors (Lipinski definition) is 4. The number of nitrogens with zero attached hydrogens (tertiary/aromatic N) is 2. The summed E-state index contributed by atoms with van der Waals surface area (Å²) in [6.07, 6.45) is -2.22. The summed E-state index contributed by atoms with van der Waals surface area (Å²) < 4.78 is 38.3. The lowest BCUT2D eigenvalue weighted by atomic mass is 9.84. The Morgan fingerprint density at radius 2 is 1.95 bits per heavy atom. The number of nitrogen functional groups attached to an aromatic ring is 1. The van der Waals surface area contributed by atoms with E-state index in [0.717, 1.165) is 44.6 Å². The van der Waals surface area contributed by atoms with Crippen LogP contribution in [0.3, 0.4) is 0 Å².